The number of aliphatic hydroxyl groups excluding tert-OH is 1. The van der Waals surface area contributed by atoms with Crippen LogP contribution in [0, 0.1) is 0 Å². The van der Waals surface area contributed by atoms with Gasteiger partial charge in [-0.1, -0.05) is 48.5 Å². The van der Waals surface area contributed by atoms with Gasteiger partial charge < -0.3 is 20.5 Å². The molecule has 6 heteroatoms. The number of ether oxygens (including phenoxy) is 1. The van der Waals surface area contributed by atoms with Crippen molar-refractivity contribution < 1.29 is 9.84 Å². The number of aliphatic hydroxyl groups is 1. The number of aliphatic imine (C=N–C) groups is 1. The van der Waals surface area contributed by atoms with Crippen molar-refractivity contribution in [2.45, 2.75) is 19.1 Å². The summed E-state index contributed by atoms with van der Waals surface area (Å²) in [7, 11) is 1.73. The van der Waals surface area contributed by atoms with Crippen LogP contribution in [0.15, 0.2) is 84.0 Å². The smallest absolute Gasteiger partial charge is 0.191 e. The zero-order valence-corrected chi connectivity index (χ0v) is 17.2. The van der Waals surface area contributed by atoms with E-state index in [4.69, 9.17) is 4.74 Å². The number of nitrogens with zero attached hydrogens (tertiary/aromatic N) is 2. The third kappa shape index (κ3) is 6.60. The Balaban J connectivity index is 1.49. The Morgan fingerprint density at radius 2 is 1.87 bits per heavy atom. The highest BCUT2D eigenvalue weighted by atomic mass is 16.5. The lowest BCUT2D eigenvalue weighted by atomic mass is 10.0. The summed E-state index contributed by atoms with van der Waals surface area (Å²) in [6, 6.07) is 23.7. The number of hydrogen-bond donors (Lipinski definition) is 3. The summed E-state index contributed by atoms with van der Waals surface area (Å²) in [5.74, 6) is 1.49. The second kappa shape index (κ2) is 11.6. The number of hydrogen-bond acceptors (Lipinski definition) is 4. The van der Waals surface area contributed by atoms with Crippen molar-refractivity contribution >= 4 is 5.96 Å². The number of guanidine groups is 1. The van der Waals surface area contributed by atoms with Gasteiger partial charge in [0.15, 0.2) is 5.96 Å². The van der Waals surface area contributed by atoms with Gasteiger partial charge in [-0.2, -0.15) is 0 Å². The molecule has 3 N–H and O–H groups in total. The fourth-order valence-corrected chi connectivity index (χ4v) is 3.03. The molecule has 30 heavy (non-hydrogen) atoms. The van der Waals surface area contributed by atoms with Gasteiger partial charge in [-0.05, 0) is 35.4 Å². The van der Waals surface area contributed by atoms with Gasteiger partial charge in [0.2, 0.25) is 0 Å². The van der Waals surface area contributed by atoms with E-state index >= 15 is 0 Å². The quantitative estimate of drug-likeness (QED) is 0.377. The molecule has 0 bridgehead atoms. The minimum atomic E-state index is 0.00748. The summed E-state index contributed by atoms with van der Waals surface area (Å²) in [6.07, 6.45) is 1.76. The molecule has 3 aromatic rings. The minimum absolute atomic E-state index is 0.00748. The Kier molecular flexibility index (Phi) is 8.23. The maximum atomic E-state index is 9.72. The molecule has 6 nitrogen and oxygen atoms in total. The highest BCUT2D eigenvalue weighted by Crippen LogP contribution is 2.15. The molecular weight excluding hydrogens is 376 g/mol. The first kappa shape index (κ1) is 21.3. The van der Waals surface area contributed by atoms with Crippen molar-refractivity contribution in [2.75, 3.05) is 20.2 Å². The number of rotatable bonds is 9. The maximum absolute atomic E-state index is 9.72. The Labute approximate surface area is 177 Å². The third-order valence-electron chi connectivity index (χ3n) is 4.70. The molecule has 1 aromatic heterocycles. The first-order valence-electron chi connectivity index (χ1n) is 10.0. The lowest BCUT2D eigenvalue weighted by Gasteiger charge is -2.18. The average Bonchev–Trinajstić information content (AvgIpc) is 2.81. The molecule has 0 spiro atoms. The molecular formula is C24H28N4O2. The third-order valence-corrected chi connectivity index (χ3v) is 4.70. The van der Waals surface area contributed by atoms with Crippen molar-refractivity contribution in [3.63, 3.8) is 0 Å². The van der Waals surface area contributed by atoms with Crippen molar-refractivity contribution in [2.24, 2.45) is 4.99 Å². The molecule has 1 heterocycles. The Bertz CT molecular complexity index is 917. The SMILES string of the molecule is CN=C(NCc1cccc(OCc2ccccn2)c1)NCC(CO)c1ccccc1. The molecule has 1 unspecified atom stereocenters. The molecule has 0 fully saturated rings. The molecule has 2 aromatic carbocycles. The highest BCUT2D eigenvalue weighted by Gasteiger charge is 2.11. The van der Waals surface area contributed by atoms with Gasteiger partial charge in [-0.25, -0.2) is 0 Å². The molecule has 3 rings (SSSR count). The summed E-state index contributed by atoms with van der Waals surface area (Å²) in [5.41, 5.74) is 3.07. The van der Waals surface area contributed by atoms with Crippen LogP contribution in [0.4, 0.5) is 0 Å². The average molecular weight is 405 g/mol. The maximum Gasteiger partial charge on any atom is 0.191 e. The normalized spacial score (nSPS) is 12.3. The van der Waals surface area contributed by atoms with Crippen LogP contribution < -0.4 is 15.4 Å². The van der Waals surface area contributed by atoms with Crippen LogP contribution in [-0.2, 0) is 13.2 Å². The minimum Gasteiger partial charge on any atom is -0.487 e. The molecule has 0 saturated carbocycles. The van der Waals surface area contributed by atoms with Crippen LogP contribution in [0.5, 0.6) is 5.75 Å². The highest BCUT2D eigenvalue weighted by molar-refractivity contribution is 5.79. The molecule has 0 aliphatic rings. The lowest BCUT2D eigenvalue weighted by Crippen LogP contribution is -2.39. The van der Waals surface area contributed by atoms with Crippen LogP contribution in [-0.4, -0.2) is 36.2 Å². The van der Waals surface area contributed by atoms with E-state index < -0.39 is 0 Å². The zero-order chi connectivity index (χ0) is 21.0. The number of aromatic nitrogens is 1. The number of nitrogens with one attached hydrogen (secondary N) is 2. The summed E-state index contributed by atoms with van der Waals surface area (Å²) in [4.78, 5) is 8.55. The summed E-state index contributed by atoms with van der Waals surface area (Å²) in [5, 5.41) is 16.3. The second-order valence-corrected chi connectivity index (χ2v) is 6.85. The van der Waals surface area contributed by atoms with Crippen molar-refractivity contribution in [1.82, 2.24) is 15.6 Å². The molecule has 1 atom stereocenters. The zero-order valence-electron chi connectivity index (χ0n) is 17.2. The van der Waals surface area contributed by atoms with Gasteiger partial charge in [0.25, 0.3) is 0 Å². The predicted molar refractivity (Wildman–Crippen MR) is 119 cm³/mol. The van der Waals surface area contributed by atoms with Gasteiger partial charge in [-0.3, -0.25) is 9.98 Å². The second-order valence-electron chi connectivity index (χ2n) is 6.85. The fourth-order valence-electron chi connectivity index (χ4n) is 3.03. The Morgan fingerprint density at radius 1 is 1.03 bits per heavy atom. The van der Waals surface area contributed by atoms with Crippen LogP contribution in [0.3, 0.4) is 0 Å². The van der Waals surface area contributed by atoms with E-state index in [1.165, 1.54) is 0 Å². The van der Waals surface area contributed by atoms with Crippen molar-refractivity contribution in [1.29, 1.82) is 0 Å². The van der Waals surface area contributed by atoms with Crippen LogP contribution >= 0.6 is 0 Å². The van der Waals surface area contributed by atoms with E-state index in [0.717, 1.165) is 22.6 Å². The number of benzene rings is 2. The first-order chi connectivity index (χ1) is 14.8. The predicted octanol–water partition coefficient (Wildman–Crippen LogP) is 3.10. The van der Waals surface area contributed by atoms with E-state index in [-0.39, 0.29) is 12.5 Å². The Hall–Kier alpha value is -3.38. The van der Waals surface area contributed by atoms with Crippen LogP contribution in [0.25, 0.3) is 0 Å². The van der Waals surface area contributed by atoms with Gasteiger partial charge in [0.1, 0.15) is 12.4 Å². The molecule has 0 saturated heterocycles. The van der Waals surface area contributed by atoms with Gasteiger partial charge in [0, 0.05) is 32.3 Å². The molecule has 156 valence electrons. The fraction of sp³-hybridized carbons (Fsp3) is 0.250. The summed E-state index contributed by atoms with van der Waals surface area (Å²) >= 11 is 0. The largest absolute Gasteiger partial charge is 0.487 e. The van der Waals surface area contributed by atoms with Gasteiger partial charge >= 0.3 is 0 Å². The molecule has 0 radical (unpaired) electrons. The Morgan fingerprint density at radius 3 is 2.60 bits per heavy atom. The molecule has 0 amide bonds. The van der Waals surface area contributed by atoms with Crippen molar-refractivity contribution in [3.05, 3.63) is 95.8 Å². The first-order valence-corrected chi connectivity index (χ1v) is 10.0. The van der Waals surface area contributed by atoms with E-state index in [1.54, 1.807) is 13.2 Å². The summed E-state index contributed by atoms with van der Waals surface area (Å²) < 4.78 is 5.84. The van der Waals surface area contributed by atoms with Crippen LogP contribution in [0.2, 0.25) is 0 Å². The van der Waals surface area contributed by atoms with Gasteiger partial charge in [0.05, 0.1) is 12.3 Å². The summed E-state index contributed by atoms with van der Waals surface area (Å²) in [6.45, 7) is 1.70. The van der Waals surface area contributed by atoms with Crippen molar-refractivity contribution in [3.8, 4) is 5.75 Å². The van der Waals surface area contributed by atoms with E-state index in [0.29, 0.717) is 25.7 Å². The monoisotopic (exact) mass is 404 g/mol. The molecule has 0 aliphatic carbocycles. The van der Waals surface area contributed by atoms with E-state index in [9.17, 15) is 5.11 Å². The van der Waals surface area contributed by atoms with E-state index in [1.807, 2.05) is 72.8 Å². The topological polar surface area (TPSA) is 78.8 Å². The standard InChI is InChI=1S/C24H28N4O2/c1-25-24(28-16-21(17-29)20-9-3-2-4-10-20)27-15-19-8-7-12-23(14-19)30-18-22-11-5-6-13-26-22/h2-14,21,29H,15-18H2,1H3,(H2,25,27,28). The van der Waals surface area contributed by atoms with E-state index in [2.05, 4.69) is 20.6 Å². The number of pyridine rings is 1. The molecule has 0 aliphatic heterocycles. The lowest BCUT2D eigenvalue weighted by molar-refractivity contribution is 0.265. The van der Waals surface area contributed by atoms with Crippen LogP contribution in [0.1, 0.15) is 22.7 Å². The van der Waals surface area contributed by atoms with Gasteiger partial charge in [-0.15, -0.1) is 0 Å².